The maximum absolute atomic E-state index is 12.6. The molecule has 0 bridgehead atoms. The maximum Gasteiger partial charge on any atom is 0.305 e. The molecule has 1 fully saturated rings. The highest BCUT2D eigenvalue weighted by molar-refractivity contribution is 8.00. The number of hydrogen-bond donors (Lipinski definition) is 1. The molecule has 1 aliphatic rings. The van der Waals surface area contributed by atoms with E-state index in [0.717, 1.165) is 5.75 Å². The second kappa shape index (κ2) is 5.98. The average molecular weight is 333 g/mol. The van der Waals surface area contributed by atoms with Gasteiger partial charge in [-0.15, -0.1) is 0 Å². The summed E-state index contributed by atoms with van der Waals surface area (Å²) in [5, 5.41) is 12.6. The van der Waals surface area contributed by atoms with E-state index >= 15 is 0 Å². The molecule has 1 aromatic heterocycles. The highest BCUT2D eigenvalue weighted by Gasteiger charge is 2.35. The lowest BCUT2D eigenvalue weighted by molar-refractivity contribution is -0.137. The number of aliphatic carboxylic acids is 1. The van der Waals surface area contributed by atoms with E-state index in [-0.39, 0.29) is 22.6 Å². The van der Waals surface area contributed by atoms with Crippen LogP contribution in [0.1, 0.15) is 20.3 Å². The number of thioether (sulfide) groups is 1. The Morgan fingerprint density at radius 2 is 2.24 bits per heavy atom. The van der Waals surface area contributed by atoms with Crippen molar-refractivity contribution in [2.45, 2.75) is 36.5 Å². The van der Waals surface area contributed by atoms with Gasteiger partial charge in [-0.05, 0) is 13.8 Å². The molecule has 0 atom stereocenters. The van der Waals surface area contributed by atoms with Crippen molar-refractivity contribution in [3.8, 4) is 0 Å². The minimum Gasteiger partial charge on any atom is -0.481 e. The second-order valence-electron chi connectivity index (χ2n) is 5.53. The summed E-state index contributed by atoms with van der Waals surface area (Å²) in [5.41, 5.74) is 0. The third-order valence-corrected chi connectivity index (χ3v) is 6.29. The summed E-state index contributed by atoms with van der Waals surface area (Å²) in [6, 6.07) is 0. The summed E-state index contributed by atoms with van der Waals surface area (Å²) in [6.07, 6.45) is 2.59. The lowest BCUT2D eigenvalue weighted by Gasteiger charge is -2.36. The Kier molecular flexibility index (Phi) is 4.64. The maximum atomic E-state index is 12.6. The molecule has 2 heterocycles. The molecule has 1 saturated heterocycles. The Balaban J connectivity index is 2.14. The first-order chi connectivity index (χ1) is 9.71. The summed E-state index contributed by atoms with van der Waals surface area (Å²) in [4.78, 5) is 10.6. The number of hydrogen-bond acceptors (Lipinski definition) is 5. The number of aryl methyl sites for hydroxylation is 1. The molecule has 0 saturated carbocycles. The molecule has 0 unspecified atom stereocenters. The summed E-state index contributed by atoms with van der Waals surface area (Å²) in [6.45, 7) is 5.15. The molecule has 0 aliphatic carbocycles. The van der Waals surface area contributed by atoms with Crippen molar-refractivity contribution in [1.29, 1.82) is 0 Å². The first-order valence-corrected chi connectivity index (χ1v) is 9.02. The molecule has 0 radical (unpaired) electrons. The molecular formula is C12H19N3O4S2. The zero-order valence-corrected chi connectivity index (χ0v) is 13.7. The van der Waals surface area contributed by atoms with Crippen LogP contribution in [0.4, 0.5) is 0 Å². The molecular weight excluding hydrogens is 314 g/mol. The first kappa shape index (κ1) is 16.3. The second-order valence-corrected chi connectivity index (χ2v) is 9.27. The Morgan fingerprint density at radius 1 is 1.52 bits per heavy atom. The van der Waals surface area contributed by atoms with Crippen molar-refractivity contribution in [2.75, 3.05) is 18.8 Å². The zero-order chi connectivity index (χ0) is 15.7. The van der Waals surface area contributed by atoms with Gasteiger partial charge in [0.2, 0.25) is 10.0 Å². The van der Waals surface area contributed by atoms with Crippen LogP contribution in [0.15, 0.2) is 17.3 Å². The van der Waals surface area contributed by atoms with Gasteiger partial charge in [0.1, 0.15) is 4.90 Å². The molecule has 7 nitrogen and oxygen atoms in total. The Hall–Kier alpha value is -1.06. The minimum absolute atomic E-state index is 0.0887. The highest BCUT2D eigenvalue weighted by Crippen LogP contribution is 2.32. The highest BCUT2D eigenvalue weighted by atomic mass is 32.2. The molecule has 118 valence electrons. The summed E-state index contributed by atoms with van der Waals surface area (Å²) >= 11 is 1.76. The van der Waals surface area contributed by atoms with Crippen LogP contribution in [0.5, 0.6) is 0 Å². The number of nitrogens with zero attached hydrogens (tertiary/aromatic N) is 3. The molecule has 1 aromatic rings. The normalized spacial score (nSPS) is 19.5. The average Bonchev–Trinajstić information content (AvgIpc) is 2.84. The predicted octanol–water partition coefficient (Wildman–Crippen LogP) is 0.874. The van der Waals surface area contributed by atoms with E-state index in [4.69, 9.17) is 5.11 Å². The van der Waals surface area contributed by atoms with Gasteiger partial charge in [-0.25, -0.2) is 8.42 Å². The monoisotopic (exact) mass is 333 g/mol. The fourth-order valence-electron chi connectivity index (χ4n) is 2.14. The van der Waals surface area contributed by atoms with Gasteiger partial charge in [0.25, 0.3) is 0 Å². The Labute approximate surface area is 128 Å². The van der Waals surface area contributed by atoms with E-state index < -0.39 is 16.0 Å². The van der Waals surface area contributed by atoms with Gasteiger partial charge in [-0.2, -0.15) is 21.2 Å². The Morgan fingerprint density at radius 3 is 2.86 bits per heavy atom. The van der Waals surface area contributed by atoms with Crippen LogP contribution < -0.4 is 0 Å². The molecule has 21 heavy (non-hydrogen) atoms. The summed E-state index contributed by atoms with van der Waals surface area (Å²) in [5.74, 6) is -0.177. The van der Waals surface area contributed by atoms with Crippen molar-refractivity contribution in [3.05, 3.63) is 12.4 Å². The zero-order valence-electron chi connectivity index (χ0n) is 12.0. The first-order valence-electron chi connectivity index (χ1n) is 6.59. The van der Waals surface area contributed by atoms with Crippen molar-refractivity contribution in [2.24, 2.45) is 0 Å². The van der Waals surface area contributed by atoms with E-state index in [0.29, 0.717) is 13.1 Å². The van der Waals surface area contributed by atoms with E-state index in [2.05, 4.69) is 5.10 Å². The molecule has 0 aromatic carbocycles. The molecule has 1 N–H and O–H groups in total. The molecule has 9 heteroatoms. The van der Waals surface area contributed by atoms with Gasteiger partial charge in [0, 0.05) is 29.8 Å². The number of carboxylic acid groups (broad SMARTS) is 1. The van der Waals surface area contributed by atoms with Crippen LogP contribution in [-0.2, 0) is 21.4 Å². The van der Waals surface area contributed by atoms with Crippen molar-refractivity contribution < 1.29 is 18.3 Å². The third kappa shape index (κ3) is 3.98. The van der Waals surface area contributed by atoms with E-state index in [1.54, 1.807) is 11.8 Å². The van der Waals surface area contributed by atoms with Crippen LogP contribution in [0, 0.1) is 0 Å². The fraction of sp³-hybridized carbons (Fsp3) is 0.667. The third-order valence-electron chi connectivity index (χ3n) is 3.19. The smallest absolute Gasteiger partial charge is 0.305 e. The largest absolute Gasteiger partial charge is 0.481 e. The van der Waals surface area contributed by atoms with Gasteiger partial charge < -0.3 is 5.11 Å². The molecule has 1 aliphatic heterocycles. The Bertz CT molecular complexity index is 624. The number of carboxylic acids is 1. The summed E-state index contributed by atoms with van der Waals surface area (Å²) < 4.78 is 27.9. The van der Waals surface area contributed by atoms with Crippen LogP contribution in [0.25, 0.3) is 0 Å². The van der Waals surface area contributed by atoms with Crippen molar-refractivity contribution in [1.82, 2.24) is 14.1 Å². The molecule has 2 rings (SSSR count). The predicted molar refractivity (Wildman–Crippen MR) is 79.8 cm³/mol. The topological polar surface area (TPSA) is 92.5 Å². The number of rotatable bonds is 5. The fourth-order valence-corrected chi connectivity index (χ4v) is 5.00. The van der Waals surface area contributed by atoms with Crippen LogP contribution in [0.3, 0.4) is 0 Å². The molecule has 0 amide bonds. The number of carbonyl (C=O) groups is 1. The van der Waals surface area contributed by atoms with Gasteiger partial charge in [-0.3, -0.25) is 9.48 Å². The van der Waals surface area contributed by atoms with Gasteiger partial charge in [-0.1, -0.05) is 0 Å². The van der Waals surface area contributed by atoms with Crippen LogP contribution >= 0.6 is 11.8 Å². The van der Waals surface area contributed by atoms with Crippen molar-refractivity contribution in [3.63, 3.8) is 0 Å². The molecule has 0 spiro atoms. The quantitative estimate of drug-likeness (QED) is 0.860. The van der Waals surface area contributed by atoms with Crippen molar-refractivity contribution >= 4 is 27.8 Å². The minimum atomic E-state index is -3.56. The summed E-state index contributed by atoms with van der Waals surface area (Å²) in [7, 11) is -3.56. The van der Waals surface area contributed by atoms with Gasteiger partial charge in [0.15, 0.2) is 0 Å². The van der Waals surface area contributed by atoms with Crippen LogP contribution in [0.2, 0.25) is 0 Å². The SMILES string of the molecule is CC1(C)CN(S(=O)(=O)c2cnn(CCC(=O)O)c2)CCS1. The van der Waals surface area contributed by atoms with E-state index in [1.165, 1.54) is 21.4 Å². The number of sulfonamides is 1. The van der Waals surface area contributed by atoms with E-state index in [1.807, 2.05) is 13.8 Å². The lowest BCUT2D eigenvalue weighted by atomic mass is 10.2. The van der Waals surface area contributed by atoms with Gasteiger partial charge >= 0.3 is 5.97 Å². The number of aromatic nitrogens is 2. The van der Waals surface area contributed by atoms with E-state index in [9.17, 15) is 13.2 Å². The standard InChI is InChI=1S/C12H19N3O4S2/c1-12(2)9-15(5-6-20-12)21(18,19)10-7-13-14(8-10)4-3-11(16)17/h7-8H,3-6,9H2,1-2H3,(H,16,17). The lowest BCUT2D eigenvalue weighted by Crippen LogP contribution is -2.45. The van der Waals surface area contributed by atoms with Crippen LogP contribution in [-0.4, -0.2) is 57.2 Å². The van der Waals surface area contributed by atoms with Gasteiger partial charge in [0.05, 0.1) is 19.2 Å².